The van der Waals surface area contributed by atoms with Gasteiger partial charge in [-0.25, -0.2) is 9.59 Å². The van der Waals surface area contributed by atoms with Crippen LogP contribution >= 0.6 is 11.6 Å². The number of methoxy groups -OCH3 is 1. The molecule has 124 valence electrons. The predicted molar refractivity (Wildman–Crippen MR) is 86.9 cm³/mol. The number of carbonyl (C=O) groups is 1. The summed E-state index contributed by atoms with van der Waals surface area (Å²) < 4.78 is 15.4. The Morgan fingerprint density at radius 3 is 2.58 bits per heavy atom. The third-order valence-corrected chi connectivity index (χ3v) is 4.00. The minimum absolute atomic E-state index is 0.0449. The van der Waals surface area contributed by atoms with Crippen molar-refractivity contribution in [2.24, 2.45) is 5.73 Å². The maximum absolute atomic E-state index is 12.4. The Bertz CT molecular complexity index is 898. The first kappa shape index (κ1) is 16.1. The summed E-state index contributed by atoms with van der Waals surface area (Å²) >= 11 is 5.92. The van der Waals surface area contributed by atoms with E-state index in [-0.39, 0.29) is 22.8 Å². The van der Waals surface area contributed by atoms with Crippen LogP contribution < -0.4 is 16.1 Å². The summed E-state index contributed by atoms with van der Waals surface area (Å²) in [6.07, 6.45) is 0. The fraction of sp³-hybridized carbons (Fsp3) is 0.176. The van der Waals surface area contributed by atoms with E-state index in [0.717, 1.165) is 0 Å². The van der Waals surface area contributed by atoms with Crippen LogP contribution in [0.1, 0.15) is 22.8 Å². The molecule has 1 aromatic heterocycles. The van der Waals surface area contributed by atoms with E-state index >= 15 is 0 Å². The van der Waals surface area contributed by atoms with Crippen LogP contribution in [0.3, 0.4) is 0 Å². The summed E-state index contributed by atoms with van der Waals surface area (Å²) in [6, 6.07) is 8.29. The van der Waals surface area contributed by atoms with E-state index in [9.17, 15) is 9.59 Å². The first-order valence-corrected chi connectivity index (χ1v) is 7.46. The van der Waals surface area contributed by atoms with Gasteiger partial charge in [0.25, 0.3) is 0 Å². The fourth-order valence-corrected chi connectivity index (χ4v) is 2.84. The summed E-state index contributed by atoms with van der Waals surface area (Å²) in [5, 5.41) is 0.526. The molecule has 2 aromatic rings. The van der Waals surface area contributed by atoms with Crippen molar-refractivity contribution < 1.29 is 18.7 Å². The average Bonchev–Trinajstić information content (AvgIpc) is 2.53. The quantitative estimate of drug-likeness (QED) is 0.839. The molecule has 0 radical (unpaired) electrons. The third kappa shape index (κ3) is 2.65. The summed E-state index contributed by atoms with van der Waals surface area (Å²) in [5.74, 6) is -0.926. The lowest BCUT2D eigenvalue weighted by atomic mass is 9.84. The Hall–Kier alpha value is -2.73. The molecule has 0 saturated carbocycles. The molecule has 7 heteroatoms. The van der Waals surface area contributed by atoms with Crippen LogP contribution in [-0.4, -0.2) is 13.1 Å². The molecule has 1 aromatic carbocycles. The van der Waals surface area contributed by atoms with Crippen molar-refractivity contribution in [1.82, 2.24) is 0 Å². The van der Waals surface area contributed by atoms with Gasteiger partial charge in [-0.05, 0) is 24.6 Å². The van der Waals surface area contributed by atoms with Gasteiger partial charge in [0.05, 0.1) is 18.6 Å². The van der Waals surface area contributed by atoms with Gasteiger partial charge in [-0.1, -0.05) is 23.7 Å². The number of aryl methyl sites for hydroxylation is 1. The van der Waals surface area contributed by atoms with Crippen LogP contribution in [0, 0.1) is 6.92 Å². The molecule has 0 aliphatic carbocycles. The van der Waals surface area contributed by atoms with Crippen LogP contribution in [0.25, 0.3) is 0 Å². The predicted octanol–water partition coefficient (Wildman–Crippen LogP) is 2.47. The fourth-order valence-electron chi connectivity index (χ4n) is 2.72. The number of esters is 1. The van der Waals surface area contributed by atoms with Gasteiger partial charge in [0.2, 0.25) is 5.88 Å². The van der Waals surface area contributed by atoms with Crippen LogP contribution in [-0.2, 0) is 9.53 Å². The highest BCUT2D eigenvalue weighted by molar-refractivity contribution is 6.30. The van der Waals surface area contributed by atoms with Crippen molar-refractivity contribution in [3.63, 3.8) is 0 Å². The number of halogens is 1. The average molecular weight is 348 g/mol. The first-order valence-electron chi connectivity index (χ1n) is 7.08. The van der Waals surface area contributed by atoms with Crippen molar-refractivity contribution in [2.45, 2.75) is 12.8 Å². The molecule has 24 heavy (non-hydrogen) atoms. The van der Waals surface area contributed by atoms with E-state index in [1.54, 1.807) is 37.3 Å². The molecule has 0 amide bonds. The zero-order chi connectivity index (χ0) is 17.4. The molecule has 3 rings (SSSR count). The number of benzene rings is 1. The Morgan fingerprint density at radius 2 is 1.96 bits per heavy atom. The highest BCUT2D eigenvalue weighted by Crippen LogP contribution is 2.41. The van der Waals surface area contributed by atoms with Gasteiger partial charge >= 0.3 is 11.6 Å². The van der Waals surface area contributed by atoms with Gasteiger partial charge in [0, 0.05) is 11.1 Å². The number of fused-ring (bicyclic) bond motifs is 1. The molecule has 0 bridgehead atoms. The van der Waals surface area contributed by atoms with Crippen molar-refractivity contribution in [1.29, 1.82) is 0 Å². The van der Waals surface area contributed by atoms with E-state index in [2.05, 4.69) is 0 Å². The minimum atomic E-state index is -0.768. The van der Waals surface area contributed by atoms with Crippen LogP contribution in [0.2, 0.25) is 5.02 Å². The Kier molecular flexibility index (Phi) is 4.07. The molecule has 1 atom stereocenters. The molecule has 0 fully saturated rings. The van der Waals surface area contributed by atoms with Gasteiger partial charge < -0.3 is 19.6 Å². The van der Waals surface area contributed by atoms with E-state index in [1.807, 2.05) is 0 Å². The SMILES string of the molecule is COC(=O)C1=C(N)Oc2cc(C)oc(=O)c2C1c1ccc(Cl)cc1. The molecule has 1 aliphatic heterocycles. The van der Waals surface area contributed by atoms with Crippen LogP contribution in [0.4, 0.5) is 0 Å². The number of hydrogen-bond acceptors (Lipinski definition) is 6. The first-order chi connectivity index (χ1) is 11.4. The second-order valence-electron chi connectivity index (χ2n) is 5.28. The molecule has 2 N–H and O–H groups in total. The number of rotatable bonds is 2. The largest absolute Gasteiger partial charge is 0.465 e. The maximum Gasteiger partial charge on any atom is 0.343 e. The number of hydrogen-bond donors (Lipinski definition) is 1. The van der Waals surface area contributed by atoms with Gasteiger partial charge in [0.15, 0.2) is 0 Å². The molecular weight excluding hydrogens is 334 g/mol. The van der Waals surface area contributed by atoms with Gasteiger partial charge in [-0.15, -0.1) is 0 Å². The minimum Gasteiger partial charge on any atom is -0.465 e. The van der Waals surface area contributed by atoms with E-state index in [4.69, 9.17) is 31.2 Å². The van der Waals surface area contributed by atoms with Crippen molar-refractivity contribution >= 4 is 17.6 Å². The maximum atomic E-state index is 12.4. The molecule has 0 spiro atoms. The monoisotopic (exact) mass is 347 g/mol. The van der Waals surface area contributed by atoms with Crippen molar-refractivity contribution in [3.05, 3.63) is 74.1 Å². The zero-order valence-electron chi connectivity index (χ0n) is 13.0. The summed E-state index contributed by atoms with van der Waals surface area (Å²) in [4.78, 5) is 24.6. The van der Waals surface area contributed by atoms with E-state index in [1.165, 1.54) is 7.11 Å². The normalized spacial score (nSPS) is 16.4. The molecule has 2 heterocycles. The number of carbonyl (C=O) groups excluding carboxylic acids is 1. The van der Waals surface area contributed by atoms with Crippen LogP contribution in [0.5, 0.6) is 5.75 Å². The van der Waals surface area contributed by atoms with Crippen molar-refractivity contribution in [3.8, 4) is 5.75 Å². The van der Waals surface area contributed by atoms with Gasteiger partial charge in [0.1, 0.15) is 17.1 Å². The highest BCUT2D eigenvalue weighted by Gasteiger charge is 2.38. The summed E-state index contributed by atoms with van der Waals surface area (Å²) in [7, 11) is 1.23. The molecule has 0 saturated heterocycles. The third-order valence-electron chi connectivity index (χ3n) is 3.74. The Labute approximate surface area is 142 Å². The van der Waals surface area contributed by atoms with Crippen LogP contribution in [0.15, 0.2) is 51.0 Å². The van der Waals surface area contributed by atoms with Crippen molar-refractivity contribution in [2.75, 3.05) is 7.11 Å². The van der Waals surface area contributed by atoms with E-state index in [0.29, 0.717) is 16.3 Å². The number of ether oxygens (including phenoxy) is 2. The van der Waals surface area contributed by atoms with Gasteiger partial charge in [-0.3, -0.25) is 0 Å². The number of nitrogens with two attached hydrogens (primary N) is 1. The second kappa shape index (κ2) is 6.05. The summed E-state index contributed by atoms with van der Waals surface area (Å²) in [5.41, 5.74) is 6.21. The van der Waals surface area contributed by atoms with Gasteiger partial charge in [-0.2, -0.15) is 0 Å². The lowest BCUT2D eigenvalue weighted by Crippen LogP contribution is -2.30. The second-order valence-corrected chi connectivity index (χ2v) is 5.72. The molecular formula is C17H14ClNO5. The lowest BCUT2D eigenvalue weighted by Gasteiger charge is -2.27. The molecule has 1 aliphatic rings. The standard InChI is InChI=1S/C17H14ClNO5/c1-8-7-11-13(17(21)23-8)12(9-3-5-10(18)6-4-9)14(15(19)24-11)16(20)22-2/h3-7,12H,19H2,1-2H3. The Morgan fingerprint density at radius 1 is 1.29 bits per heavy atom. The molecule has 6 nitrogen and oxygen atoms in total. The molecule has 1 unspecified atom stereocenters. The summed E-state index contributed by atoms with van der Waals surface area (Å²) in [6.45, 7) is 1.62. The highest BCUT2D eigenvalue weighted by atomic mass is 35.5. The smallest absolute Gasteiger partial charge is 0.343 e. The zero-order valence-corrected chi connectivity index (χ0v) is 13.7. The lowest BCUT2D eigenvalue weighted by molar-refractivity contribution is -0.136. The van der Waals surface area contributed by atoms with E-state index < -0.39 is 17.5 Å². The topological polar surface area (TPSA) is 91.8 Å². The Balaban J connectivity index is 2.29.